The van der Waals surface area contributed by atoms with Gasteiger partial charge in [0.2, 0.25) is 0 Å². The van der Waals surface area contributed by atoms with Crippen LogP contribution in [-0.2, 0) is 4.79 Å². The van der Waals surface area contributed by atoms with Gasteiger partial charge in [-0.25, -0.2) is 0 Å². The van der Waals surface area contributed by atoms with Crippen LogP contribution in [0.3, 0.4) is 0 Å². The number of fused-ring (bicyclic) bond motifs is 1. The average Bonchev–Trinajstić information content (AvgIpc) is 2.04. The lowest BCUT2D eigenvalue weighted by Gasteiger charge is -2.52. The van der Waals surface area contributed by atoms with E-state index in [0.717, 1.165) is 5.92 Å². The van der Waals surface area contributed by atoms with Gasteiger partial charge in [0.05, 0.1) is 0 Å². The zero-order chi connectivity index (χ0) is 8.06. The topological polar surface area (TPSA) is 17.1 Å². The normalized spacial score (nSPS) is 41.1. The molecule has 2 aliphatic carbocycles. The lowest BCUT2D eigenvalue weighted by atomic mass is 9.50. The maximum Gasteiger partial charge on any atom is 0.142 e. The Kier molecular flexibility index (Phi) is 1.39. The van der Waals surface area contributed by atoms with E-state index in [1.54, 1.807) is 0 Å². The summed E-state index contributed by atoms with van der Waals surface area (Å²) < 4.78 is 0. The maximum absolute atomic E-state index is 11.5. The summed E-state index contributed by atoms with van der Waals surface area (Å²) in [4.78, 5) is 11.5. The van der Waals surface area contributed by atoms with E-state index in [2.05, 4.69) is 13.8 Å². The molecule has 2 saturated carbocycles. The molecule has 0 aromatic rings. The predicted molar refractivity (Wildman–Crippen MR) is 44.2 cm³/mol. The van der Waals surface area contributed by atoms with E-state index in [4.69, 9.17) is 0 Å². The highest BCUT2D eigenvalue weighted by Crippen LogP contribution is 2.53. The molecule has 11 heavy (non-hydrogen) atoms. The molecular weight excluding hydrogens is 136 g/mol. The fraction of sp³-hybridized carbons (Fsp3) is 0.900. The molecule has 0 saturated heterocycles. The highest BCUT2D eigenvalue weighted by molar-refractivity contribution is 5.93. The van der Waals surface area contributed by atoms with Crippen LogP contribution in [0.25, 0.3) is 0 Å². The van der Waals surface area contributed by atoms with Gasteiger partial charge in [0, 0.05) is 11.3 Å². The summed E-state index contributed by atoms with van der Waals surface area (Å²) >= 11 is 0. The summed E-state index contributed by atoms with van der Waals surface area (Å²) in [6.45, 7) is 4.23. The summed E-state index contributed by atoms with van der Waals surface area (Å²) in [6.07, 6.45) is 5.09. The van der Waals surface area contributed by atoms with Crippen LogP contribution in [-0.4, -0.2) is 5.78 Å². The molecule has 2 unspecified atom stereocenters. The minimum Gasteiger partial charge on any atom is -0.299 e. The quantitative estimate of drug-likeness (QED) is 0.521. The van der Waals surface area contributed by atoms with Crippen LogP contribution >= 0.6 is 0 Å². The molecule has 0 aromatic carbocycles. The molecule has 0 spiro atoms. The molecule has 1 heteroatoms. The average molecular weight is 152 g/mol. The molecule has 0 radical (unpaired) electrons. The van der Waals surface area contributed by atoms with Gasteiger partial charge in [-0.05, 0) is 18.8 Å². The fourth-order valence-corrected chi connectivity index (χ4v) is 2.87. The first-order valence-electron chi connectivity index (χ1n) is 4.68. The number of hydrogen-bond acceptors (Lipinski definition) is 1. The molecule has 2 rings (SSSR count). The summed E-state index contributed by atoms with van der Waals surface area (Å²) in [5.74, 6) is 1.71. The van der Waals surface area contributed by atoms with Crippen LogP contribution in [0.4, 0.5) is 0 Å². The Balaban J connectivity index is 2.15. The van der Waals surface area contributed by atoms with Gasteiger partial charge in [-0.15, -0.1) is 0 Å². The second-order valence-corrected chi connectivity index (χ2v) is 4.58. The largest absolute Gasteiger partial charge is 0.299 e. The molecule has 2 aliphatic rings. The van der Waals surface area contributed by atoms with Crippen molar-refractivity contribution in [3.05, 3.63) is 0 Å². The molecule has 2 atom stereocenters. The van der Waals surface area contributed by atoms with Gasteiger partial charge < -0.3 is 0 Å². The molecule has 0 bridgehead atoms. The number of carbonyl (C=O) groups excluding carboxylic acids is 1. The molecule has 0 aliphatic heterocycles. The first-order valence-corrected chi connectivity index (χ1v) is 4.68. The van der Waals surface area contributed by atoms with Crippen LogP contribution in [0.5, 0.6) is 0 Å². The molecule has 2 fully saturated rings. The van der Waals surface area contributed by atoms with Gasteiger partial charge in [-0.2, -0.15) is 0 Å². The number of rotatable bonds is 0. The molecule has 0 N–H and O–H groups in total. The molecule has 0 amide bonds. The summed E-state index contributed by atoms with van der Waals surface area (Å²) in [5, 5.41) is 0. The van der Waals surface area contributed by atoms with Gasteiger partial charge in [0.1, 0.15) is 5.78 Å². The maximum atomic E-state index is 11.5. The van der Waals surface area contributed by atoms with Crippen molar-refractivity contribution >= 4 is 5.78 Å². The van der Waals surface area contributed by atoms with Crippen molar-refractivity contribution in [3.63, 3.8) is 0 Å². The molecule has 1 nitrogen and oxygen atoms in total. The Morgan fingerprint density at radius 3 is 2.55 bits per heavy atom. The van der Waals surface area contributed by atoms with Crippen molar-refractivity contribution in [2.45, 2.75) is 39.5 Å². The van der Waals surface area contributed by atoms with Crippen molar-refractivity contribution in [1.82, 2.24) is 0 Å². The number of ketones is 1. The number of hydrogen-bond donors (Lipinski definition) is 0. The lowest BCUT2D eigenvalue weighted by Crippen LogP contribution is -2.55. The third-order valence-corrected chi connectivity index (χ3v) is 3.66. The first kappa shape index (κ1) is 7.33. The third kappa shape index (κ3) is 0.800. The van der Waals surface area contributed by atoms with Crippen molar-refractivity contribution in [3.8, 4) is 0 Å². The predicted octanol–water partition coefficient (Wildman–Crippen LogP) is 2.40. The van der Waals surface area contributed by atoms with Crippen molar-refractivity contribution < 1.29 is 4.79 Å². The van der Waals surface area contributed by atoms with Crippen LogP contribution in [0, 0.1) is 17.3 Å². The van der Waals surface area contributed by atoms with Gasteiger partial charge in [-0.1, -0.05) is 26.7 Å². The smallest absolute Gasteiger partial charge is 0.142 e. The van der Waals surface area contributed by atoms with E-state index in [1.165, 1.54) is 25.7 Å². The van der Waals surface area contributed by atoms with E-state index in [9.17, 15) is 4.79 Å². The Morgan fingerprint density at radius 2 is 1.91 bits per heavy atom. The lowest BCUT2D eigenvalue weighted by molar-refractivity contribution is -0.157. The number of Topliss-reactive ketones (excluding diaryl/α,β-unsaturated/α-hetero) is 1. The molecule has 62 valence electrons. The van der Waals surface area contributed by atoms with Gasteiger partial charge >= 0.3 is 0 Å². The second kappa shape index (κ2) is 2.09. The van der Waals surface area contributed by atoms with E-state index in [-0.39, 0.29) is 5.41 Å². The highest BCUT2D eigenvalue weighted by Gasteiger charge is 2.55. The van der Waals surface area contributed by atoms with Crippen LogP contribution in [0.15, 0.2) is 0 Å². The Hall–Kier alpha value is -0.330. The molecule has 0 aromatic heterocycles. The minimum absolute atomic E-state index is 0.0328. The monoisotopic (exact) mass is 152 g/mol. The van der Waals surface area contributed by atoms with Crippen LogP contribution < -0.4 is 0 Å². The standard InChI is InChI=1S/C10H16O/c1-10(2)8-6-4-3-5-7(8)9(10)11/h7-8H,3-6H2,1-2H3. The Morgan fingerprint density at radius 1 is 1.27 bits per heavy atom. The molecule has 0 heterocycles. The van der Waals surface area contributed by atoms with Gasteiger partial charge in [0.15, 0.2) is 0 Å². The Labute approximate surface area is 68.2 Å². The van der Waals surface area contributed by atoms with E-state index in [0.29, 0.717) is 11.7 Å². The van der Waals surface area contributed by atoms with E-state index >= 15 is 0 Å². The zero-order valence-electron chi connectivity index (χ0n) is 7.39. The van der Waals surface area contributed by atoms with Crippen LogP contribution in [0.1, 0.15) is 39.5 Å². The van der Waals surface area contributed by atoms with Crippen LogP contribution in [0.2, 0.25) is 0 Å². The zero-order valence-corrected chi connectivity index (χ0v) is 7.39. The minimum atomic E-state index is 0.0328. The van der Waals surface area contributed by atoms with Crippen molar-refractivity contribution in [1.29, 1.82) is 0 Å². The summed E-state index contributed by atoms with van der Waals surface area (Å²) in [7, 11) is 0. The van der Waals surface area contributed by atoms with Gasteiger partial charge in [0.25, 0.3) is 0 Å². The highest BCUT2D eigenvalue weighted by atomic mass is 16.1. The third-order valence-electron chi connectivity index (χ3n) is 3.66. The Bertz CT molecular complexity index is 193. The summed E-state index contributed by atoms with van der Waals surface area (Å²) in [6, 6.07) is 0. The van der Waals surface area contributed by atoms with Gasteiger partial charge in [-0.3, -0.25) is 4.79 Å². The summed E-state index contributed by atoms with van der Waals surface area (Å²) in [5.41, 5.74) is 0.0328. The van der Waals surface area contributed by atoms with E-state index in [1.807, 2.05) is 0 Å². The number of carbonyl (C=O) groups is 1. The van der Waals surface area contributed by atoms with E-state index < -0.39 is 0 Å². The van der Waals surface area contributed by atoms with Crippen molar-refractivity contribution in [2.75, 3.05) is 0 Å². The fourth-order valence-electron chi connectivity index (χ4n) is 2.87. The second-order valence-electron chi connectivity index (χ2n) is 4.58. The molecular formula is C10H16O. The first-order chi connectivity index (χ1) is 5.14. The SMILES string of the molecule is CC1(C)C(=O)C2CCCCC21. The van der Waals surface area contributed by atoms with Crippen molar-refractivity contribution in [2.24, 2.45) is 17.3 Å².